The summed E-state index contributed by atoms with van der Waals surface area (Å²) in [5, 5.41) is 10.9. The van der Waals surface area contributed by atoms with Gasteiger partial charge >= 0.3 is 0 Å². The molecule has 0 aromatic carbocycles. The minimum Gasteiger partial charge on any atom is -0.361 e. The zero-order chi connectivity index (χ0) is 13.4. The number of carbonyl (C=O) groups excluding carboxylic acids is 1. The van der Waals surface area contributed by atoms with Crippen LogP contribution in [0.25, 0.3) is 0 Å². The molecule has 1 aliphatic carbocycles. The summed E-state index contributed by atoms with van der Waals surface area (Å²) >= 11 is 0. The smallest absolute Gasteiger partial charge is 0.273 e. The average molecular weight is 260 g/mol. The van der Waals surface area contributed by atoms with Crippen LogP contribution in [0.2, 0.25) is 0 Å². The van der Waals surface area contributed by atoms with Crippen LogP contribution in [-0.2, 0) is 13.6 Å². The van der Waals surface area contributed by atoms with Gasteiger partial charge in [0.15, 0.2) is 5.69 Å². The molecule has 2 heterocycles. The molecule has 6 nitrogen and oxygen atoms in total. The van der Waals surface area contributed by atoms with Crippen molar-refractivity contribution < 1.29 is 9.32 Å². The van der Waals surface area contributed by atoms with Crippen LogP contribution in [0.5, 0.6) is 0 Å². The highest BCUT2D eigenvalue weighted by atomic mass is 16.5. The maximum absolute atomic E-state index is 11.8. The van der Waals surface area contributed by atoms with E-state index in [0.29, 0.717) is 23.9 Å². The summed E-state index contributed by atoms with van der Waals surface area (Å²) in [6.45, 7) is 2.16. The minimum atomic E-state index is -0.240. The first-order valence-corrected chi connectivity index (χ1v) is 6.38. The van der Waals surface area contributed by atoms with E-state index in [0.717, 1.165) is 5.69 Å². The molecular weight excluding hydrogens is 244 g/mol. The van der Waals surface area contributed by atoms with Gasteiger partial charge in [0.25, 0.3) is 5.91 Å². The molecule has 2 aromatic rings. The van der Waals surface area contributed by atoms with Crippen LogP contribution in [0, 0.1) is 6.92 Å². The third kappa shape index (κ3) is 2.52. The number of hydrogen-bond donors (Lipinski definition) is 1. The van der Waals surface area contributed by atoms with Gasteiger partial charge in [-0.25, -0.2) is 0 Å². The standard InChI is InChI=1S/C13H16N4O2/c1-8-5-11(16-19-8)13(18)14-7-10-6-12(9-3-4-9)17(2)15-10/h5-6,9H,3-4,7H2,1-2H3,(H,14,18). The molecule has 100 valence electrons. The van der Waals surface area contributed by atoms with Crippen molar-refractivity contribution in [2.75, 3.05) is 0 Å². The lowest BCUT2D eigenvalue weighted by Gasteiger charge is -1.98. The zero-order valence-corrected chi connectivity index (χ0v) is 11.0. The molecule has 1 aliphatic rings. The van der Waals surface area contributed by atoms with Crippen LogP contribution < -0.4 is 5.32 Å². The van der Waals surface area contributed by atoms with Gasteiger partial charge in [0.1, 0.15) is 5.76 Å². The fraction of sp³-hybridized carbons (Fsp3) is 0.462. The second-order valence-electron chi connectivity index (χ2n) is 4.96. The predicted octanol–water partition coefficient (Wildman–Crippen LogP) is 1.52. The monoisotopic (exact) mass is 260 g/mol. The van der Waals surface area contributed by atoms with Crippen molar-refractivity contribution in [1.82, 2.24) is 20.3 Å². The average Bonchev–Trinajstić information content (AvgIpc) is 3.03. The van der Waals surface area contributed by atoms with E-state index in [1.165, 1.54) is 18.5 Å². The van der Waals surface area contributed by atoms with Gasteiger partial charge in [0.05, 0.1) is 12.2 Å². The van der Waals surface area contributed by atoms with Gasteiger partial charge in [-0.15, -0.1) is 0 Å². The van der Waals surface area contributed by atoms with Crippen LogP contribution in [0.3, 0.4) is 0 Å². The number of amides is 1. The van der Waals surface area contributed by atoms with Crippen molar-refractivity contribution in [2.45, 2.75) is 32.2 Å². The van der Waals surface area contributed by atoms with Gasteiger partial charge in [-0.2, -0.15) is 5.10 Å². The van der Waals surface area contributed by atoms with Crippen molar-refractivity contribution in [1.29, 1.82) is 0 Å². The molecule has 0 bridgehead atoms. The van der Waals surface area contributed by atoms with Crippen molar-refractivity contribution in [3.8, 4) is 0 Å². The van der Waals surface area contributed by atoms with Gasteiger partial charge in [0, 0.05) is 24.7 Å². The maximum Gasteiger partial charge on any atom is 0.273 e. The summed E-state index contributed by atoms with van der Waals surface area (Å²) in [6, 6.07) is 3.68. The summed E-state index contributed by atoms with van der Waals surface area (Å²) in [7, 11) is 1.94. The zero-order valence-electron chi connectivity index (χ0n) is 11.0. The molecule has 19 heavy (non-hydrogen) atoms. The Balaban J connectivity index is 1.62. The first kappa shape index (κ1) is 12.0. The van der Waals surface area contributed by atoms with Crippen LogP contribution in [0.4, 0.5) is 0 Å². The van der Waals surface area contributed by atoms with Crippen molar-refractivity contribution in [2.24, 2.45) is 7.05 Å². The van der Waals surface area contributed by atoms with Gasteiger partial charge in [0.2, 0.25) is 0 Å². The first-order valence-electron chi connectivity index (χ1n) is 6.38. The summed E-state index contributed by atoms with van der Waals surface area (Å²) in [5.41, 5.74) is 2.43. The van der Waals surface area contributed by atoms with E-state index in [4.69, 9.17) is 4.52 Å². The Morgan fingerprint density at radius 1 is 1.53 bits per heavy atom. The molecule has 1 amide bonds. The van der Waals surface area contributed by atoms with E-state index >= 15 is 0 Å². The topological polar surface area (TPSA) is 73.0 Å². The number of nitrogens with one attached hydrogen (secondary N) is 1. The Morgan fingerprint density at radius 2 is 2.32 bits per heavy atom. The molecule has 6 heteroatoms. The van der Waals surface area contributed by atoms with E-state index in [-0.39, 0.29) is 5.91 Å². The largest absolute Gasteiger partial charge is 0.361 e. The van der Waals surface area contributed by atoms with Crippen LogP contribution in [0.15, 0.2) is 16.7 Å². The van der Waals surface area contributed by atoms with Gasteiger partial charge < -0.3 is 9.84 Å². The highest BCUT2D eigenvalue weighted by molar-refractivity contribution is 5.92. The normalized spacial score (nSPS) is 14.6. The Labute approximate surface area is 110 Å². The quantitative estimate of drug-likeness (QED) is 0.904. The lowest BCUT2D eigenvalue weighted by molar-refractivity contribution is 0.0941. The van der Waals surface area contributed by atoms with Gasteiger partial charge in [-0.3, -0.25) is 9.48 Å². The second-order valence-corrected chi connectivity index (χ2v) is 4.96. The number of rotatable bonds is 4. The van der Waals surface area contributed by atoms with E-state index in [1.807, 2.05) is 11.7 Å². The molecule has 1 N–H and O–H groups in total. The Hall–Kier alpha value is -2.11. The van der Waals surface area contributed by atoms with E-state index < -0.39 is 0 Å². The Morgan fingerprint density at radius 3 is 2.95 bits per heavy atom. The van der Waals surface area contributed by atoms with E-state index in [1.54, 1.807) is 13.0 Å². The molecular formula is C13H16N4O2. The molecule has 2 aromatic heterocycles. The molecule has 0 aliphatic heterocycles. The molecule has 1 fully saturated rings. The summed E-state index contributed by atoms with van der Waals surface area (Å²) in [6.07, 6.45) is 2.48. The number of aryl methyl sites for hydroxylation is 2. The minimum absolute atomic E-state index is 0.240. The lowest BCUT2D eigenvalue weighted by Crippen LogP contribution is -2.23. The molecule has 0 spiro atoms. The van der Waals surface area contributed by atoms with Crippen LogP contribution >= 0.6 is 0 Å². The van der Waals surface area contributed by atoms with E-state index in [2.05, 4.69) is 21.6 Å². The van der Waals surface area contributed by atoms with Crippen LogP contribution in [0.1, 0.15) is 46.4 Å². The molecule has 1 saturated carbocycles. The van der Waals surface area contributed by atoms with Crippen molar-refractivity contribution in [3.63, 3.8) is 0 Å². The molecule has 0 unspecified atom stereocenters. The second kappa shape index (κ2) is 4.53. The highest BCUT2D eigenvalue weighted by Crippen LogP contribution is 2.39. The fourth-order valence-electron chi connectivity index (χ4n) is 2.13. The van der Waals surface area contributed by atoms with E-state index in [9.17, 15) is 4.79 Å². The van der Waals surface area contributed by atoms with Crippen molar-refractivity contribution in [3.05, 3.63) is 35.0 Å². The fourth-order valence-corrected chi connectivity index (χ4v) is 2.13. The molecule has 0 radical (unpaired) electrons. The molecule has 3 rings (SSSR count). The summed E-state index contributed by atoms with van der Waals surface area (Å²) in [4.78, 5) is 11.8. The Bertz CT molecular complexity index is 610. The SMILES string of the molecule is Cc1cc(C(=O)NCc2cc(C3CC3)n(C)n2)no1. The predicted molar refractivity (Wildman–Crippen MR) is 67.6 cm³/mol. The highest BCUT2D eigenvalue weighted by Gasteiger charge is 2.27. The third-order valence-corrected chi connectivity index (χ3v) is 3.25. The van der Waals surface area contributed by atoms with Crippen LogP contribution in [-0.4, -0.2) is 20.8 Å². The summed E-state index contributed by atoms with van der Waals surface area (Å²) in [5.74, 6) is 1.04. The Kier molecular flexibility index (Phi) is 2.85. The maximum atomic E-state index is 11.8. The lowest BCUT2D eigenvalue weighted by atomic mass is 10.2. The van der Waals surface area contributed by atoms with Gasteiger partial charge in [-0.1, -0.05) is 5.16 Å². The van der Waals surface area contributed by atoms with Gasteiger partial charge in [-0.05, 0) is 25.8 Å². The number of hydrogen-bond acceptors (Lipinski definition) is 4. The number of aromatic nitrogens is 3. The summed E-state index contributed by atoms with van der Waals surface area (Å²) < 4.78 is 6.77. The third-order valence-electron chi connectivity index (χ3n) is 3.25. The first-order chi connectivity index (χ1) is 9.13. The number of nitrogens with zero attached hydrogens (tertiary/aromatic N) is 3. The molecule has 0 saturated heterocycles. The number of carbonyl (C=O) groups is 1. The molecule has 0 atom stereocenters. The van der Waals surface area contributed by atoms with Crippen molar-refractivity contribution >= 4 is 5.91 Å².